The van der Waals surface area contributed by atoms with E-state index in [0.717, 1.165) is 54.5 Å². The lowest BCUT2D eigenvalue weighted by molar-refractivity contribution is 0.266. The van der Waals surface area contributed by atoms with Crippen molar-refractivity contribution in [2.45, 2.75) is 25.3 Å². The highest BCUT2D eigenvalue weighted by Gasteiger charge is 2.25. The van der Waals surface area contributed by atoms with Gasteiger partial charge in [-0.25, -0.2) is 15.0 Å². The Morgan fingerprint density at radius 1 is 1.28 bits per heavy atom. The maximum absolute atomic E-state index is 9.49. The zero-order valence-electron chi connectivity index (χ0n) is 13.9. The molecule has 2 aromatic heterocycles. The second kappa shape index (κ2) is 7.33. The van der Waals surface area contributed by atoms with E-state index in [1.165, 1.54) is 4.70 Å². The van der Waals surface area contributed by atoms with Gasteiger partial charge in [0, 0.05) is 25.6 Å². The Morgan fingerprint density at radius 2 is 2.20 bits per heavy atom. The van der Waals surface area contributed by atoms with Crippen LogP contribution in [0, 0.1) is 0 Å². The van der Waals surface area contributed by atoms with E-state index < -0.39 is 0 Å². The molecule has 2 N–H and O–H groups in total. The van der Waals surface area contributed by atoms with Crippen LogP contribution in [0.1, 0.15) is 17.8 Å². The maximum Gasteiger partial charge on any atom is 0.134 e. The Bertz CT molecular complexity index is 819. The zero-order chi connectivity index (χ0) is 17.1. The number of benzene rings is 1. The van der Waals surface area contributed by atoms with Gasteiger partial charge in [-0.3, -0.25) is 0 Å². The number of rotatable bonds is 6. The van der Waals surface area contributed by atoms with Gasteiger partial charge in [0.05, 0.1) is 27.9 Å². The molecule has 1 fully saturated rings. The minimum atomic E-state index is 0.171. The van der Waals surface area contributed by atoms with Crippen LogP contribution in [0.4, 0.5) is 11.6 Å². The van der Waals surface area contributed by atoms with Gasteiger partial charge < -0.3 is 15.3 Å². The number of anilines is 2. The lowest BCUT2D eigenvalue weighted by Gasteiger charge is -2.24. The summed E-state index contributed by atoms with van der Waals surface area (Å²) in [5.74, 6) is 1.70. The highest BCUT2D eigenvalue weighted by atomic mass is 32.1. The number of hydrogen-bond donors (Lipinski definition) is 2. The summed E-state index contributed by atoms with van der Waals surface area (Å²) in [6, 6.07) is 10.4. The predicted octanol–water partition coefficient (Wildman–Crippen LogP) is 2.70. The molecule has 1 aromatic carbocycles. The van der Waals surface area contributed by atoms with Gasteiger partial charge in [-0.15, -0.1) is 11.3 Å². The highest BCUT2D eigenvalue weighted by Crippen LogP contribution is 2.25. The molecule has 0 saturated carbocycles. The van der Waals surface area contributed by atoms with Gasteiger partial charge >= 0.3 is 0 Å². The van der Waals surface area contributed by atoms with Crippen molar-refractivity contribution < 1.29 is 5.11 Å². The minimum absolute atomic E-state index is 0.171. The van der Waals surface area contributed by atoms with E-state index in [2.05, 4.69) is 31.2 Å². The van der Waals surface area contributed by atoms with Crippen molar-refractivity contribution in [1.82, 2.24) is 15.0 Å². The molecule has 4 rings (SSSR count). The number of fused-ring (bicyclic) bond motifs is 1. The Balaban J connectivity index is 1.38. The third kappa shape index (κ3) is 3.57. The molecule has 3 heterocycles. The molecule has 3 aromatic rings. The molecule has 1 aliphatic rings. The number of aliphatic hydroxyl groups is 1. The molecule has 130 valence electrons. The molecule has 6 nitrogen and oxygen atoms in total. The normalized spacial score (nSPS) is 17.3. The molecule has 7 heteroatoms. The predicted molar refractivity (Wildman–Crippen MR) is 101 cm³/mol. The van der Waals surface area contributed by atoms with Crippen molar-refractivity contribution in [2.75, 3.05) is 29.9 Å². The number of para-hydroxylation sites is 1. The summed E-state index contributed by atoms with van der Waals surface area (Å²) in [7, 11) is 0. The van der Waals surface area contributed by atoms with Crippen LogP contribution in [0.5, 0.6) is 0 Å². The molecule has 0 bridgehead atoms. The maximum atomic E-state index is 9.49. The zero-order valence-corrected chi connectivity index (χ0v) is 14.7. The molecule has 1 saturated heterocycles. The number of aliphatic hydroxyl groups excluding tert-OH is 1. The number of hydrogen-bond acceptors (Lipinski definition) is 7. The molecule has 1 atom stereocenters. The van der Waals surface area contributed by atoms with E-state index in [1.807, 2.05) is 24.3 Å². The molecule has 25 heavy (non-hydrogen) atoms. The van der Waals surface area contributed by atoms with Gasteiger partial charge in [0.15, 0.2) is 0 Å². The molecular weight excluding hydrogens is 334 g/mol. The monoisotopic (exact) mass is 355 g/mol. The third-order valence-corrected chi connectivity index (χ3v) is 5.61. The Morgan fingerprint density at radius 3 is 3.08 bits per heavy atom. The summed E-state index contributed by atoms with van der Waals surface area (Å²) in [6.45, 7) is 1.89. The van der Waals surface area contributed by atoms with Crippen LogP contribution in [0.2, 0.25) is 0 Å². The number of nitrogens with zero attached hydrogens (tertiary/aromatic N) is 4. The van der Waals surface area contributed by atoms with Crippen molar-refractivity contribution >= 4 is 33.2 Å². The number of thiazole rings is 1. The van der Waals surface area contributed by atoms with Crippen LogP contribution < -0.4 is 10.2 Å². The summed E-state index contributed by atoms with van der Waals surface area (Å²) < 4.78 is 1.23. The second-order valence-electron chi connectivity index (χ2n) is 6.19. The first-order valence-electron chi connectivity index (χ1n) is 8.61. The highest BCUT2D eigenvalue weighted by molar-refractivity contribution is 7.18. The van der Waals surface area contributed by atoms with E-state index in [0.29, 0.717) is 0 Å². The van der Waals surface area contributed by atoms with Crippen LogP contribution in [-0.2, 0) is 6.42 Å². The Kier molecular flexibility index (Phi) is 4.76. The number of aromatic nitrogens is 3. The van der Waals surface area contributed by atoms with E-state index in [-0.39, 0.29) is 12.6 Å². The second-order valence-corrected chi connectivity index (χ2v) is 7.30. The first kappa shape index (κ1) is 16.2. The molecule has 0 spiro atoms. The standard InChI is InChI=1S/C18H21N5OS/c24-11-13-4-3-9-23(13)17-10-16(20-12-21-17)19-8-7-18-22-14-5-1-2-6-15(14)25-18/h1-2,5-6,10,12-13,24H,3-4,7-9,11H2,(H,19,20,21). The summed E-state index contributed by atoms with van der Waals surface area (Å²) in [5, 5.41) is 14.0. The van der Waals surface area contributed by atoms with Crippen molar-refractivity contribution in [3.8, 4) is 0 Å². The van der Waals surface area contributed by atoms with E-state index >= 15 is 0 Å². The third-order valence-electron chi connectivity index (χ3n) is 4.52. The fourth-order valence-corrected chi connectivity index (χ4v) is 4.22. The lowest BCUT2D eigenvalue weighted by Crippen LogP contribution is -2.32. The number of nitrogens with one attached hydrogen (secondary N) is 1. The van der Waals surface area contributed by atoms with Crippen LogP contribution in [-0.4, -0.2) is 45.8 Å². The average molecular weight is 355 g/mol. The molecule has 0 amide bonds. The van der Waals surface area contributed by atoms with Gasteiger partial charge in [0.2, 0.25) is 0 Å². The summed E-state index contributed by atoms with van der Waals surface area (Å²) in [6.07, 6.45) is 4.56. The van der Waals surface area contributed by atoms with Gasteiger partial charge in [-0.1, -0.05) is 12.1 Å². The largest absolute Gasteiger partial charge is 0.394 e. The minimum Gasteiger partial charge on any atom is -0.394 e. The van der Waals surface area contributed by atoms with Crippen molar-refractivity contribution in [3.63, 3.8) is 0 Å². The fraction of sp³-hybridized carbons (Fsp3) is 0.389. The van der Waals surface area contributed by atoms with Crippen molar-refractivity contribution in [1.29, 1.82) is 0 Å². The molecular formula is C18H21N5OS. The summed E-state index contributed by atoms with van der Waals surface area (Å²) in [4.78, 5) is 15.5. The van der Waals surface area contributed by atoms with E-state index in [1.54, 1.807) is 17.7 Å². The van der Waals surface area contributed by atoms with Gasteiger partial charge in [0.1, 0.15) is 18.0 Å². The van der Waals surface area contributed by atoms with Gasteiger partial charge in [-0.2, -0.15) is 0 Å². The van der Waals surface area contributed by atoms with Crippen LogP contribution in [0.25, 0.3) is 10.2 Å². The smallest absolute Gasteiger partial charge is 0.134 e. The fourth-order valence-electron chi connectivity index (χ4n) is 3.25. The average Bonchev–Trinajstić information content (AvgIpc) is 3.28. The molecule has 0 radical (unpaired) electrons. The van der Waals surface area contributed by atoms with E-state index in [4.69, 9.17) is 0 Å². The first-order valence-corrected chi connectivity index (χ1v) is 9.43. The quantitative estimate of drug-likeness (QED) is 0.708. The summed E-state index contributed by atoms with van der Waals surface area (Å²) in [5.41, 5.74) is 1.07. The molecule has 1 aliphatic heterocycles. The lowest BCUT2D eigenvalue weighted by atomic mass is 10.2. The Labute approximate surface area is 150 Å². The molecule has 1 unspecified atom stereocenters. The van der Waals surface area contributed by atoms with Crippen LogP contribution in [0.15, 0.2) is 36.7 Å². The molecule has 0 aliphatic carbocycles. The van der Waals surface area contributed by atoms with Gasteiger partial charge in [-0.05, 0) is 25.0 Å². The van der Waals surface area contributed by atoms with Crippen molar-refractivity contribution in [3.05, 3.63) is 41.7 Å². The Hall–Kier alpha value is -2.25. The summed E-state index contributed by atoms with van der Waals surface area (Å²) >= 11 is 1.74. The first-order chi connectivity index (χ1) is 12.3. The van der Waals surface area contributed by atoms with Crippen molar-refractivity contribution in [2.24, 2.45) is 0 Å². The van der Waals surface area contributed by atoms with Gasteiger partial charge in [0.25, 0.3) is 0 Å². The SMILES string of the molecule is OCC1CCCN1c1cc(NCCc2nc3ccccc3s2)ncn1. The van der Waals surface area contributed by atoms with E-state index in [9.17, 15) is 5.11 Å². The topological polar surface area (TPSA) is 74.2 Å². The van der Waals surface area contributed by atoms with Crippen LogP contribution >= 0.6 is 11.3 Å². The van der Waals surface area contributed by atoms with Crippen LogP contribution in [0.3, 0.4) is 0 Å².